The number of aliphatic hydroxyl groups is 1. The molecule has 0 spiro atoms. The Balaban J connectivity index is 2.02. The molecule has 2 rings (SSSR count). The third-order valence-electron chi connectivity index (χ3n) is 3.76. The van der Waals surface area contributed by atoms with Crippen LogP contribution in [0.1, 0.15) is 36.0 Å². The zero-order chi connectivity index (χ0) is 13.8. The molecule has 1 fully saturated rings. The van der Waals surface area contributed by atoms with Gasteiger partial charge in [0, 0.05) is 18.0 Å². The predicted octanol–water partition coefficient (Wildman–Crippen LogP) is 1.33. The number of hydrogen-bond acceptors (Lipinski definition) is 4. The first-order chi connectivity index (χ1) is 9.08. The number of primary amides is 1. The van der Waals surface area contributed by atoms with Crippen LogP contribution in [0.5, 0.6) is 0 Å². The molecule has 1 aliphatic carbocycles. The fourth-order valence-corrected chi connectivity index (χ4v) is 2.53. The zero-order valence-corrected chi connectivity index (χ0v) is 10.9. The minimum Gasteiger partial charge on any atom is -0.397 e. The molecule has 1 saturated carbocycles. The Morgan fingerprint density at radius 2 is 2.11 bits per heavy atom. The summed E-state index contributed by atoms with van der Waals surface area (Å²) < 4.78 is 0. The molecule has 1 amide bonds. The van der Waals surface area contributed by atoms with E-state index in [9.17, 15) is 9.90 Å². The predicted molar refractivity (Wildman–Crippen MR) is 75.8 cm³/mol. The van der Waals surface area contributed by atoms with E-state index in [-0.39, 0.29) is 12.0 Å². The topological polar surface area (TPSA) is 101 Å². The van der Waals surface area contributed by atoms with E-state index in [4.69, 9.17) is 11.5 Å². The van der Waals surface area contributed by atoms with Crippen molar-refractivity contribution in [2.45, 2.75) is 31.8 Å². The Hall–Kier alpha value is -1.75. The number of hydrogen-bond donors (Lipinski definition) is 4. The largest absolute Gasteiger partial charge is 0.397 e. The van der Waals surface area contributed by atoms with E-state index in [1.807, 2.05) is 0 Å². The highest BCUT2D eigenvalue weighted by Crippen LogP contribution is 2.26. The summed E-state index contributed by atoms with van der Waals surface area (Å²) in [5.74, 6) is -0.230. The maximum Gasteiger partial charge on any atom is 0.248 e. The van der Waals surface area contributed by atoms with Crippen molar-refractivity contribution in [3.8, 4) is 0 Å². The molecule has 2 atom stereocenters. The number of rotatable bonds is 4. The van der Waals surface area contributed by atoms with Crippen LogP contribution < -0.4 is 16.8 Å². The van der Waals surface area contributed by atoms with Gasteiger partial charge in [0.05, 0.1) is 17.5 Å². The van der Waals surface area contributed by atoms with Gasteiger partial charge in [-0.15, -0.1) is 0 Å². The molecule has 0 aromatic heterocycles. The standard InChI is InChI=1S/C14H21N3O2/c15-11-6-5-9(14(16)19)7-12(11)17-8-10-3-1-2-4-13(10)18/h5-7,10,13,17-18H,1-4,8,15H2,(H2,16,19). The second kappa shape index (κ2) is 5.93. The molecule has 0 radical (unpaired) electrons. The first-order valence-electron chi connectivity index (χ1n) is 6.69. The van der Waals surface area contributed by atoms with Crippen LogP contribution in [0.3, 0.4) is 0 Å². The van der Waals surface area contributed by atoms with Gasteiger partial charge >= 0.3 is 0 Å². The maximum atomic E-state index is 11.1. The van der Waals surface area contributed by atoms with Crippen molar-refractivity contribution in [3.63, 3.8) is 0 Å². The van der Waals surface area contributed by atoms with Gasteiger partial charge in [0.15, 0.2) is 0 Å². The van der Waals surface area contributed by atoms with Crippen molar-refractivity contribution < 1.29 is 9.90 Å². The molecule has 19 heavy (non-hydrogen) atoms. The van der Waals surface area contributed by atoms with Crippen LogP contribution in [0, 0.1) is 5.92 Å². The summed E-state index contributed by atoms with van der Waals surface area (Å²) in [5.41, 5.74) is 12.8. The van der Waals surface area contributed by atoms with Gasteiger partial charge in [0.2, 0.25) is 5.91 Å². The maximum absolute atomic E-state index is 11.1. The Morgan fingerprint density at radius 1 is 1.37 bits per heavy atom. The molecular weight excluding hydrogens is 242 g/mol. The number of benzene rings is 1. The van der Waals surface area contributed by atoms with Crippen molar-refractivity contribution >= 4 is 17.3 Å². The molecule has 6 N–H and O–H groups in total. The summed E-state index contributed by atoms with van der Waals surface area (Å²) in [6.07, 6.45) is 3.88. The van der Waals surface area contributed by atoms with Crippen molar-refractivity contribution in [2.75, 3.05) is 17.6 Å². The van der Waals surface area contributed by atoms with Crippen molar-refractivity contribution in [1.29, 1.82) is 0 Å². The van der Waals surface area contributed by atoms with E-state index in [0.29, 0.717) is 23.5 Å². The number of carbonyl (C=O) groups is 1. The molecule has 5 heteroatoms. The SMILES string of the molecule is NC(=O)c1ccc(N)c(NCC2CCCCC2O)c1. The number of nitrogens with two attached hydrogens (primary N) is 2. The second-order valence-electron chi connectivity index (χ2n) is 5.16. The van der Waals surface area contributed by atoms with Crippen LogP contribution in [0.25, 0.3) is 0 Å². The molecular formula is C14H21N3O2. The Bertz CT molecular complexity index is 462. The fourth-order valence-electron chi connectivity index (χ4n) is 2.53. The Labute approximate surface area is 113 Å². The molecule has 1 aromatic carbocycles. The summed E-state index contributed by atoms with van der Waals surface area (Å²) in [7, 11) is 0. The van der Waals surface area contributed by atoms with Crippen molar-refractivity contribution in [1.82, 2.24) is 0 Å². The normalized spacial score (nSPS) is 23.0. The van der Waals surface area contributed by atoms with Crippen molar-refractivity contribution in [3.05, 3.63) is 23.8 Å². The van der Waals surface area contributed by atoms with Gasteiger partial charge < -0.3 is 21.9 Å². The molecule has 2 unspecified atom stereocenters. The molecule has 0 saturated heterocycles. The summed E-state index contributed by atoms with van der Waals surface area (Å²) >= 11 is 0. The molecule has 0 heterocycles. The summed E-state index contributed by atoms with van der Waals surface area (Å²) in [5, 5.41) is 13.1. The number of amides is 1. The fraction of sp³-hybridized carbons (Fsp3) is 0.500. The minimum absolute atomic E-state index is 0.241. The lowest BCUT2D eigenvalue weighted by atomic mass is 9.86. The van der Waals surface area contributed by atoms with E-state index < -0.39 is 5.91 Å². The van der Waals surface area contributed by atoms with E-state index in [1.165, 1.54) is 0 Å². The van der Waals surface area contributed by atoms with Gasteiger partial charge in [-0.05, 0) is 31.0 Å². The summed E-state index contributed by atoms with van der Waals surface area (Å²) in [6, 6.07) is 4.94. The van der Waals surface area contributed by atoms with Gasteiger partial charge in [-0.2, -0.15) is 0 Å². The molecule has 1 aliphatic rings. The smallest absolute Gasteiger partial charge is 0.248 e. The van der Waals surface area contributed by atoms with Crippen LogP contribution in [0.4, 0.5) is 11.4 Å². The summed E-state index contributed by atoms with van der Waals surface area (Å²) in [4.78, 5) is 11.1. The van der Waals surface area contributed by atoms with Gasteiger partial charge in [-0.1, -0.05) is 12.8 Å². The second-order valence-corrected chi connectivity index (χ2v) is 5.16. The lowest BCUT2D eigenvalue weighted by Crippen LogP contribution is -2.30. The van der Waals surface area contributed by atoms with Crippen LogP contribution in [-0.4, -0.2) is 23.7 Å². The number of aliphatic hydroxyl groups excluding tert-OH is 1. The van der Waals surface area contributed by atoms with Crippen LogP contribution in [0.15, 0.2) is 18.2 Å². The molecule has 104 valence electrons. The van der Waals surface area contributed by atoms with Gasteiger partial charge in [0.1, 0.15) is 0 Å². The van der Waals surface area contributed by atoms with E-state index in [0.717, 1.165) is 25.7 Å². The number of nitrogens with one attached hydrogen (secondary N) is 1. The van der Waals surface area contributed by atoms with E-state index in [1.54, 1.807) is 18.2 Å². The first kappa shape index (κ1) is 13.7. The number of anilines is 2. The number of nitrogen functional groups attached to an aromatic ring is 1. The highest BCUT2D eigenvalue weighted by Gasteiger charge is 2.22. The molecule has 0 aliphatic heterocycles. The molecule has 1 aromatic rings. The lowest BCUT2D eigenvalue weighted by molar-refractivity contribution is 0.0763. The highest BCUT2D eigenvalue weighted by atomic mass is 16.3. The van der Waals surface area contributed by atoms with Crippen LogP contribution in [-0.2, 0) is 0 Å². The van der Waals surface area contributed by atoms with Gasteiger partial charge in [0.25, 0.3) is 0 Å². The van der Waals surface area contributed by atoms with E-state index in [2.05, 4.69) is 5.32 Å². The van der Waals surface area contributed by atoms with Crippen molar-refractivity contribution in [2.24, 2.45) is 11.7 Å². The third kappa shape index (κ3) is 3.38. The molecule has 5 nitrogen and oxygen atoms in total. The average Bonchev–Trinajstić information content (AvgIpc) is 2.39. The third-order valence-corrected chi connectivity index (χ3v) is 3.76. The van der Waals surface area contributed by atoms with Crippen LogP contribution in [0.2, 0.25) is 0 Å². The Kier molecular flexibility index (Phi) is 4.27. The lowest BCUT2D eigenvalue weighted by Gasteiger charge is -2.28. The van der Waals surface area contributed by atoms with Crippen LogP contribution >= 0.6 is 0 Å². The minimum atomic E-state index is -0.472. The average molecular weight is 263 g/mol. The van der Waals surface area contributed by atoms with E-state index >= 15 is 0 Å². The van der Waals surface area contributed by atoms with Gasteiger partial charge in [-0.3, -0.25) is 4.79 Å². The molecule has 0 bridgehead atoms. The van der Waals surface area contributed by atoms with Gasteiger partial charge in [-0.25, -0.2) is 0 Å². The Morgan fingerprint density at radius 3 is 2.79 bits per heavy atom. The summed E-state index contributed by atoms with van der Waals surface area (Å²) in [6.45, 7) is 0.660. The monoisotopic (exact) mass is 263 g/mol. The first-order valence-corrected chi connectivity index (χ1v) is 6.69. The quantitative estimate of drug-likeness (QED) is 0.615. The highest BCUT2D eigenvalue weighted by molar-refractivity contribution is 5.94. The zero-order valence-electron chi connectivity index (χ0n) is 10.9. The number of carbonyl (C=O) groups excluding carboxylic acids is 1.